The van der Waals surface area contributed by atoms with Gasteiger partial charge >= 0.3 is 11.9 Å². The van der Waals surface area contributed by atoms with Crippen LogP contribution in [0.3, 0.4) is 0 Å². The number of esters is 2. The van der Waals surface area contributed by atoms with Crippen molar-refractivity contribution < 1.29 is 29.0 Å². The average Bonchev–Trinajstić information content (AvgIpc) is 2.86. The number of ether oxygens (including phenoxy) is 2. The first-order valence-corrected chi connectivity index (χ1v) is 15.3. The molecule has 5 aliphatic rings. The highest BCUT2D eigenvalue weighted by molar-refractivity contribution is 6.04. The summed E-state index contributed by atoms with van der Waals surface area (Å²) in [4.78, 5) is 37.9. The molecule has 8 unspecified atom stereocenters. The monoisotopic (exact) mass is 565 g/mol. The van der Waals surface area contributed by atoms with E-state index in [-0.39, 0.29) is 47.1 Å². The summed E-state index contributed by atoms with van der Waals surface area (Å²) in [6.45, 7) is 15.8. The molecule has 0 aromatic rings. The van der Waals surface area contributed by atoms with Crippen molar-refractivity contribution in [3.8, 4) is 6.07 Å². The van der Waals surface area contributed by atoms with Crippen LogP contribution in [-0.4, -0.2) is 41.1 Å². The highest BCUT2D eigenvalue weighted by atomic mass is 16.6. The third-order valence-corrected chi connectivity index (χ3v) is 12.4. The zero-order valence-corrected chi connectivity index (χ0v) is 26.1. The third-order valence-electron chi connectivity index (χ3n) is 12.4. The van der Waals surface area contributed by atoms with Crippen LogP contribution in [0, 0.1) is 56.2 Å². The Morgan fingerprint density at radius 2 is 1.63 bits per heavy atom. The van der Waals surface area contributed by atoms with Crippen molar-refractivity contribution in [3.05, 3.63) is 23.3 Å². The topological polar surface area (TPSA) is 114 Å². The summed E-state index contributed by atoms with van der Waals surface area (Å²) < 4.78 is 11.8. The van der Waals surface area contributed by atoms with Crippen molar-refractivity contribution in [3.63, 3.8) is 0 Å². The normalized spacial score (nSPS) is 44.0. The number of ketones is 1. The van der Waals surface area contributed by atoms with E-state index in [1.165, 1.54) is 13.8 Å². The highest BCUT2D eigenvalue weighted by Crippen LogP contribution is 2.72. The lowest BCUT2D eigenvalue weighted by Crippen LogP contribution is -2.71. The van der Waals surface area contributed by atoms with Gasteiger partial charge in [0.25, 0.3) is 0 Å². The van der Waals surface area contributed by atoms with Crippen LogP contribution in [0.25, 0.3) is 0 Å². The van der Waals surface area contributed by atoms with Gasteiger partial charge in [-0.1, -0.05) is 53.2 Å². The molecule has 0 aliphatic heterocycles. The van der Waals surface area contributed by atoms with Crippen molar-refractivity contribution >= 4 is 17.7 Å². The van der Waals surface area contributed by atoms with E-state index in [1.54, 1.807) is 0 Å². The lowest BCUT2D eigenvalue weighted by atomic mass is 9.37. The lowest BCUT2D eigenvalue weighted by Gasteiger charge is -2.69. The smallest absolute Gasteiger partial charge is 0.303 e. The molecule has 0 bridgehead atoms. The van der Waals surface area contributed by atoms with Crippen LogP contribution in [0.4, 0.5) is 0 Å². The van der Waals surface area contributed by atoms with Gasteiger partial charge < -0.3 is 14.6 Å². The predicted molar refractivity (Wildman–Crippen MR) is 153 cm³/mol. The molecule has 7 nitrogen and oxygen atoms in total. The van der Waals surface area contributed by atoms with Gasteiger partial charge in [0.05, 0.1) is 12.2 Å². The Morgan fingerprint density at radius 1 is 0.976 bits per heavy atom. The summed E-state index contributed by atoms with van der Waals surface area (Å²) in [7, 11) is 0. The fourth-order valence-electron chi connectivity index (χ4n) is 10.5. The average molecular weight is 566 g/mol. The fourth-order valence-corrected chi connectivity index (χ4v) is 10.5. The SMILES string of the molecule is CC(=O)OCC12CCC3C4(C)CCC5C(C)(C)C(=O)C(C#N)=CC5(C)C4=CC(OC(C)=O)C3(O)C1CC(C)(C)CC2. The van der Waals surface area contributed by atoms with E-state index < -0.39 is 39.3 Å². The Bertz CT molecular complexity index is 1290. The summed E-state index contributed by atoms with van der Waals surface area (Å²) >= 11 is 0. The first-order chi connectivity index (χ1) is 18.9. The second kappa shape index (κ2) is 9.27. The minimum Gasteiger partial charge on any atom is -0.465 e. The molecule has 0 saturated heterocycles. The van der Waals surface area contributed by atoms with Crippen molar-refractivity contribution in [1.29, 1.82) is 5.26 Å². The largest absolute Gasteiger partial charge is 0.465 e. The Kier molecular flexibility index (Phi) is 6.78. The molecule has 0 heterocycles. The summed E-state index contributed by atoms with van der Waals surface area (Å²) in [5.41, 5.74) is -2.30. The number of carbonyl (C=O) groups is 3. The summed E-state index contributed by atoms with van der Waals surface area (Å²) in [6, 6.07) is 2.17. The van der Waals surface area contributed by atoms with Crippen LogP contribution < -0.4 is 0 Å². The predicted octanol–water partition coefficient (Wildman–Crippen LogP) is 5.86. The Hall–Kier alpha value is -2.46. The number of aliphatic hydroxyl groups is 1. The van der Waals surface area contributed by atoms with E-state index in [1.807, 2.05) is 26.0 Å². The number of Topliss-reactive ketones (excluding diaryl/α,β-unsaturated/α-hetero) is 1. The summed E-state index contributed by atoms with van der Waals surface area (Å²) in [5, 5.41) is 23.2. The number of allylic oxidation sites excluding steroid dienone is 3. The van der Waals surface area contributed by atoms with E-state index >= 15 is 0 Å². The van der Waals surface area contributed by atoms with Gasteiger partial charge in [0.2, 0.25) is 0 Å². The van der Waals surface area contributed by atoms with E-state index in [0.29, 0.717) is 6.42 Å². The van der Waals surface area contributed by atoms with Gasteiger partial charge in [0.1, 0.15) is 17.8 Å². The van der Waals surface area contributed by atoms with Crippen LogP contribution in [0.15, 0.2) is 23.3 Å². The molecule has 224 valence electrons. The highest BCUT2D eigenvalue weighted by Gasteiger charge is 2.71. The van der Waals surface area contributed by atoms with Crippen LogP contribution in [0.1, 0.15) is 100 Å². The molecule has 0 amide bonds. The maximum atomic E-state index is 13.3. The van der Waals surface area contributed by atoms with Gasteiger partial charge in [-0.2, -0.15) is 5.26 Å². The van der Waals surface area contributed by atoms with Gasteiger partial charge in [-0.3, -0.25) is 14.4 Å². The van der Waals surface area contributed by atoms with E-state index in [9.17, 15) is 24.8 Å². The molecular formula is C34H47NO6. The third kappa shape index (κ3) is 4.18. The second-order valence-electron chi connectivity index (χ2n) is 15.7. The molecule has 1 N–H and O–H groups in total. The first-order valence-electron chi connectivity index (χ1n) is 15.3. The first kappa shape index (κ1) is 30.0. The quantitative estimate of drug-likeness (QED) is 0.337. The maximum absolute atomic E-state index is 13.3. The van der Waals surface area contributed by atoms with Crippen molar-refractivity contribution in [2.75, 3.05) is 6.61 Å². The van der Waals surface area contributed by atoms with Crippen LogP contribution in [-0.2, 0) is 23.9 Å². The van der Waals surface area contributed by atoms with Gasteiger partial charge in [-0.25, -0.2) is 0 Å². The van der Waals surface area contributed by atoms with Crippen LogP contribution >= 0.6 is 0 Å². The van der Waals surface area contributed by atoms with Crippen LogP contribution in [0.5, 0.6) is 0 Å². The van der Waals surface area contributed by atoms with Crippen LogP contribution in [0.2, 0.25) is 0 Å². The Balaban J connectivity index is 1.73. The minimum absolute atomic E-state index is 0.0247. The molecule has 8 atom stereocenters. The molecule has 5 aliphatic carbocycles. The molecule has 41 heavy (non-hydrogen) atoms. The number of nitrogens with zero attached hydrogens (tertiary/aromatic N) is 1. The number of nitriles is 1. The van der Waals surface area contributed by atoms with Crippen molar-refractivity contribution in [2.24, 2.45) is 44.8 Å². The lowest BCUT2D eigenvalue weighted by molar-refractivity contribution is -0.258. The summed E-state index contributed by atoms with van der Waals surface area (Å²) in [5.74, 6) is -1.38. The van der Waals surface area contributed by atoms with E-state index in [0.717, 1.165) is 44.1 Å². The van der Waals surface area contributed by atoms with Crippen molar-refractivity contribution in [1.82, 2.24) is 0 Å². The molecule has 0 radical (unpaired) electrons. The second-order valence-corrected chi connectivity index (χ2v) is 15.7. The van der Waals surface area contributed by atoms with E-state index in [4.69, 9.17) is 9.47 Å². The number of carbonyl (C=O) groups excluding carboxylic acids is 3. The zero-order chi connectivity index (χ0) is 30.4. The van der Waals surface area contributed by atoms with Gasteiger partial charge in [0.15, 0.2) is 5.78 Å². The Morgan fingerprint density at radius 3 is 2.24 bits per heavy atom. The molecule has 0 spiro atoms. The van der Waals surface area contributed by atoms with Gasteiger partial charge in [-0.05, 0) is 67.8 Å². The number of rotatable bonds is 3. The number of fused-ring (bicyclic) bond motifs is 7. The van der Waals surface area contributed by atoms with Crippen molar-refractivity contribution in [2.45, 2.75) is 112 Å². The van der Waals surface area contributed by atoms with Gasteiger partial charge in [-0.15, -0.1) is 0 Å². The maximum Gasteiger partial charge on any atom is 0.303 e. The molecule has 7 heteroatoms. The zero-order valence-electron chi connectivity index (χ0n) is 26.1. The molecule has 0 aromatic carbocycles. The van der Waals surface area contributed by atoms with Gasteiger partial charge in [0, 0.05) is 41.9 Å². The molecule has 3 fully saturated rings. The molecule has 5 rings (SSSR count). The Labute approximate surface area is 244 Å². The number of hydrogen-bond donors (Lipinski definition) is 1. The molecule has 0 aromatic heterocycles. The number of hydrogen-bond acceptors (Lipinski definition) is 7. The van der Waals surface area contributed by atoms with E-state index in [2.05, 4.69) is 33.8 Å². The summed E-state index contributed by atoms with van der Waals surface area (Å²) in [6.07, 6.45) is 8.59. The minimum atomic E-state index is -1.36. The molecular weight excluding hydrogens is 518 g/mol. The molecule has 3 saturated carbocycles. The fraction of sp³-hybridized carbons (Fsp3) is 0.765. The standard InChI is InChI=1S/C34H47NO6/c1-20(36)40-19-33-12-10-24-31(7)11-9-23-30(5,6)28(38)22(18-35)16-32(23,8)25(31)15-27(41-21(2)37)34(24,39)26(33)17-29(3,4)13-14-33/h15-16,23-24,26-27,39H,9-14,17,19H2,1-8H3.